The maximum absolute atomic E-state index is 10.3. The second kappa shape index (κ2) is 14.2. The molecule has 6 heteroatoms. The smallest absolute Gasteiger partial charge is 0.549 e. The van der Waals surface area contributed by atoms with Crippen molar-refractivity contribution in [3.8, 4) is 0 Å². The van der Waals surface area contributed by atoms with Crippen molar-refractivity contribution in [3.63, 3.8) is 0 Å². The van der Waals surface area contributed by atoms with Gasteiger partial charge < -0.3 is 19.8 Å². The second-order valence-corrected chi connectivity index (χ2v) is 3.39. The Morgan fingerprint density at radius 1 is 1.00 bits per heavy atom. The summed E-state index contributed by atoms with van der Waals surface area (Å²) < 4.78 is 0. The first-order valence-corrected chi connectivity index (χ1v) is 5.01. The molecule has 0 aromatic rings. The van der Waals surface area contributed by atoms with Gasteiger partial charge in [0.2, 0.25) is 0 Å². The average Bonchev–Trinajstić information content (AvgIpc) is 2.09. The molecule has 16 heavy (non-hydrogen) atoms. The molecule has 0 radical (unpaired) electrons. The van der Waals surface area contributed by atoms with Crippen LogP contribution >= 0.6 is 0 Å². The van der Waals surface area contributed by atoms with E-state index in [1.54, 1.807) is 0 Å². The predicted octanol–water partition coefficient (Wildman–Crippen LogP) is -6.53. The topological polar surface area (TPSA) is 80.3 Å². The van der Waals surface area contributed by atoms with Crippen molar-refractivity contribution < 1.29 is 90.0 Å². The Kier molecular flexibility index (Phi) is 19.9. The first-order valence-electron chi connectivity index (χ1n) is 5.01. The minimum Gasteiger partial charge on any atom is -0.549 e. The van der Waals surface area contributed by atoms with E-state index in [4.69, 9.17) is 0 Å². The molecule has 0 saturated heterocycles. The molecule has 0 aliphatic carbocycles. The van der Waals surface area contributed by atoms with Crippen LogP contribution in [0.25, 0.3) is 0 Å². The Bertz CT molecular complexity index is 185. The number of carboxylic acid groups (broad SMARTS) is 2. The summed E-state index contributed by atoms with van der Waals surface area (Å²) in [6.45, 7) is 2.07. The van der Waals surface area contributed by atoms with E-state index in [-0.39, 0.29) is 76.7 Å². The maximum Gasteiger partial charge on any atom is 1.00 e. The molecule has 0 heterocycles. The molecule has 0 fully saturated rings. The predicted molar refractivity (Wildman–Crippen MR) is 46.9 cm³/mol. The molecule has 0 N–H and O–H groups in total. The number of rotatable bonds is 8. The van der Waals surface area contributed by atoms with Gasteiger partial charge in [0.1, 0.15) is 0 Å². The van der Waals surface area contributed by atoms with Gasteiger partial charge in [0.25, 0.3) is 0 Å². The molecule has 0 rings (SSSR count). The van der Waals surface area contributed by atoms with E-state index in [1.807, 2.05) is 0 Å². The number of carbonyl (C=O) groups excluding carboxylic acids is 2. The molecule has 0 saturated carbocycles. The van der Waals surface area contributed by atoms with Crippen LogP contribution < -0.4 is 80.5 Å². The Morgan fingerprint density at radius 2 is 1.44 bits per heavy atom. The van der Waals surface area contributed by atoms with E-state index in [9.17, 15) is 19.8 Å². The molecule has 0 aliphatic heterocycles. The summed E-state index contributed by atoms with van der Waals surface area (Å²) >= 11 is 0. The van der Waals surface area contributed by atoms with Crippen LogP contribution in [0.15, 0.2) is 0 Å². The van der Waals surface area contributed by atoms with Crippen LogP contribution in [0.5, 0.6) is 0 Å². The fraction of sp³-hybridized carbons (Fsp3) is 0.800. The monoisotopic (exact) mass is 246 g/mol. The quantitative estimate of drug-likeness (QED) is 0.242. The molecule has 0 spiro atoms. The van der Waals surface area contributed by atoms with E-state index in [0.29, 0.717) is 6.42 Å². The molecule has 0 aromatic carbocycles. The van der Waals surface area contributed by atoms with Crippen LogP contribution in [0.4, 0.5) is 0 Å². The second-order valence-electron chi connectivity index (χ2n) is 3.39. The molecule has 0 atom stereocenters. The third kappa shape index (κ3) is 11.7. The van der Waals surface area contributed by atoms with Crippen LogP contribution in [0.2, 0.25) is 0 Å². The van der Waals surface area contributed by atoms with Crippen molar-refractivity contribution in [2.75, 3.05) is 0 Å². The zero-order chi connectivity index (χ0) is 11.0. The molecule has 0 bridgehead atoms. The Labute approximate surface area is 151 Å². The number of unbranched alkanes of at least 4 members (excludes halogenated alkanes) is 4. The van der Waals surface area contributed by atoms with Crippen LogP contribution in [0.3, 0.4) is 0 Å². The molecule has 0 unspecified atom stereocenters. The molecule has 0 aromatic heterocycles. The summed E-state index contributed by atoms with van der Waals surface area (Å²) in [5.41, 5.74) is 0. The first-order chi connectivity index (χ1) is 6.59. The molecule has 82 valence electrons. The molecule has 4 nitrogen and oxygen atoms in total. The minimum atomic E-state index is -1.54. The summed E-state index contributed by atoms with van der Waals surface area (Å²) in [7, 11) is 0. The maximum atomic E-state index is 10.3. The molecular weight excluding hydrogens is 230 g/mol. The van der Waals surface area contributed by atoms with E-state index in [2.05, 4.69) is 6.92 Å². The summed E-state index contributed by atoms with van der Waals surface area (Å²) in [4.78, 5) is 20.7. The van der Waals surface area contributed by atoms with E-state index >= 15 is 0 Å². The normalized spacial score (nSPS) is 9.12. The van der Waals surface area contributed by atoms with Gasteiger partial charge in [-0.1, -0.05) is 39.0 Å². The number of carboxylic acids is 2. The Hall–Kier alpha value is 1.17. The van der Waals surface area contributed by atoms with E-state index in [0.717, 1.165) is 25.7 Å². The zero-order valence-corrected chi connectivity index (χ0v) is 13.6. The van der Waals surface area contributed by atoms with E-state index < -0.39 is 17.9 Å². The van der Waals surface area contributed by atoms with Crippen molar-refractivity contribution in [2.24, 2.45) is 5.92 Å². The first kappa shape index (κ1) is 22.4. The van der Waals surface area contributed by atoms with Gasteiger partial charge in [-0.15, -0.1) is 0 Å². The van der Waals surface area contributed by atoms with Gasteiger partial charge in [0, 0.05) is 5.92 Å². The largest absolute Gasteiger partial charge is 1.00 e. The van der Waals surface area contributed by atoms with Gasteiger partial charge in [0.05, 0.1) is 11.9 Å². The number of aliphatic carboxylic acids is 2. The van der Waals surface area contributed by atoms with Crippen molar-refractivity contribution in [1.82, 2.24) is 0 Å². The third-order valence-electron chi connectivity index (χ3n) is 2.17. The van der Waals surface area contributed by atoms with Gasteiger partial charge >= 0.3 is 70.2 Å². The summed E-state index contributed by atoms with van der Waals surface area (Å²) in [6.07, 6.45) is 4.81. The number of hydrogen-bond donors (Lipinski definition) is 0. The Balaban J connectivity index is -0.000000845. The van der Waals surface area contributed by atoms with Gasteiger partial charge in [-0.2, -0.15) is 0 Å². The van der Waals surface area contributed by atoms with Crippen molar-refractivity contribution >= 4 is 11.9 Å². The van der Waals surface area contributed by atoms with Gasteiger partial charge in [-0.05, 0) is 6.42 Å². The fourth-order valence-electron chi connectivity index (χ4n) is 1.28. The molecule has 0 aliphatic rings. The minimum absolute atomic E-state index is 0. The number of carbonyl (C=O) groups is 2. The zero-order valence-electron chi connectivity index (χ0n) is 10.5. The van der Waals surface area contributed by atoms with Gasteiger partial charge in [-0.3, -0.25) is 0 Å². The summed E-state index contributed by atoms with van der Waals surface area (Å²) in [5.74, 6) is -4.53. The standard InChI is InChI=1S/C10H18O4.K.Li/c1-2-3-4-5-6-7-8(9(11)12)10(13)14;;/h8H,2-7H2,1H3,(H,11,12)(H,13,14);;/q;2*+1/p-2. The van der Waals surface area contributed by atoms with Crippen LogP contribution in [0.1, 0.15) is 45.4 Å². The Morgan fingerprint density at radius 3 is 1.81 bits per heavy atom. The van der Waals surface area contributed by atoms with Crippen molar-refractivity contribution in [1.29, 1.82) is 0 Å². The molecule has 0 amide bonds. The van der Waals surface area contributed by atoms with Crippen molar-refractivity contribution in [2.45, 2.75) is 45.4 Å². The van der Waals surface area contributed by atoms with Crippen molar-refractivity contribution in [3.05, 3.63) is 0 Å². The number of hydrogen-bond acceptors (Lipinski definition) is 4. The van der Waals surface area contributed by atoms with E-state index in [1.165, 1.54) is 0 Å². The third-order valence-corrected chi connectivity index (χ3v) is 2.17. The van der Waals surface area contributed by atoms with Gasteiger partial charge in [0.15, 0.2) is 0 Å². The van der Waals surface area contributed by atoms with Crippen LogP contribution in [-0.2, 0) is 9.59 Å². The van der Waals surface area contributed by atoms with Crippen LogP contribution in [0, 0.1) is 5.92 Å². The van der Waals surface area contributed by atoms with Crippen LogP contribution in [-0.4, -0.2) is 11.9 Å². The average molecular weight is 246 g/mol. The molecular formula is C10H16KLiO4. The van der Waals surface area contributed by atoms with Gasteiger partial charge in [-0.25, -0.2) is 0 Å². The summed E-state index contributed by atoms with van der Waals surface area (Å²) in [5, 5.41) is 20.7. The summed E-state index contributed by atoms with van der Waals surface area (Å²) in [6, 6.07) is 0. The fourth-order valence-corrected chi connectivity index (χ4v) is 1.28. The SMILES string of the molecule is CCCCCCCC(C(=O)[O-])C(=O)[O-].[K+].[Li+].